The number of rotatable bonds is 10. The molecule has 1 rings (SSSR count). The van der Waals surface area contributed by atoms with Crippen LogP contribution in [0.2, 0.25) is 0 Å². The lowest BCUT2D eigenvalue weighted by Crippen LogP contribution is -2.29. The Balaban J connectivity index is 2.19. The molecule has 1 aliphatic rings. The standard InChI is InChI=1S/C18H34O/c1-4-6-8-10-12-17-13-15-18(3,19-16-17)14-11-9-7-5-2/h16H,4-15H2,1-3H3. The normalized spacial score (nSPS) is 23.0. The van der Waals surface area contributed by atoms with Gasteiger partial charge in [-0.25, -0.2) is 0 Å². The minimum absolute atomic E-state index is 0.126. The quantitative estimate of drug-likeness (QED) is 0.417. The smallest absolute Gasteiger partial charge is 0.106 e. The molecular weight excluding hydrogens is 232 g/mol. The van der Waals surface area contributed by atoms with E-state index in [4.69, 9.17) is 4.74 Å². The maximum atomic E-state index is 6.05. The Morgan fingerprint density at radius 3 is 2.26 bits per heavy atom. The van der Waals surface area contributed by atoms with Crippen LogP contribution < -0.4 is 0 Å². The summed E-state index contributed by atoms with van der Waals surface area (Å²) in [6.45, 7) is 6.84. The van der Waals surface area contributed by atoms with E-state index in [1.54, 1.807) is 5.57 Å². The summed E-state index contributed by atoms with van der Waals surface area (Å²) in [5, 5.41) is 0. The topological polar surface area (TPSA) is 9.23 Å². The summed E-state index contributed by atoms with van der Waals surface area (Å²) in [5.74, 6) is 0. The van der Waals surface area contributed by atoms with Gasteiger partial charge >= 0.3 is 0 Å². The molecule has 1 unspecified atom stereocenters. The molecule has 0 aromatic carbocycles. The molecule has 19 heavy (non-hydrogen) atoms. The first-order chi connectivity index (χ1) is 9.20. The molecule has 0 saturated carbocycles. The maximum absolute atomic E-state index is 6.05. The number of ether oxygens (including phenoxy) is 1. The molecule has 0 aromatic heterocycles. The van der Waals surface area contributed by atoms with E-state index in [2.05, 4.69) is 27.0 Å². The molecule has 0 amide bonds. The zero-order valence-electron chi connectivity index (χ0n) is 13.5. The fraction of sp³-hybridized carbons (Fsp3) is 0.889. The molecular formula is C18H34O. The Hall–Kier alpha value is -0.460. The van der Waals surface area contributed by atoms with E-state index in [9.17, 15) is 0 Å². The van der Waals surface area contributed by atoms with Gasteiger partial charge in [0.25, 0.3) is 0 Å². The molecule has 1 aliphatic heterocycles. The van der Waals surface area contributed by atoms with Gasteiger partial charge in [0.2, 0.25) is 0 Å². The Morgan fingerprint density at radius 2 is 1.68 bits per heavy atom. The maximum Gasteiger partial charge on any atom is 0.106 e. The van der Waals surface area contributed by atoms with E-state index in [1.807, 2.05) is 0 Å². The molecule has 1 atom stereocenters. The van der Waals surface area contributed by atoms with Crippen LogP contribution in [-0.4, -0.2) is 5.60 Å². The molecule has 0 radical (unpaired) electrons. The van der Waals surface area contributed by atoms with Gasteiger partial charge in [-0.2, -0.15) is 0 Å². The van der Waals surface area contributed by atoms with E-state index in [0.717, 1.165) is 0 Å². The van der Waals surface area contributed by atoms with Crippen LogP contribution in [0.3, 0.4) is 0 Å². The van der Waals surface area contributed by atoms with Crippen molar-refractivity contribution in [1.29, 1.82) is 0 Å². The highest BCUT2D eigenvalue weighted by atomic mass is 16.5. The molecule has 0 aromatic rings. The second kappa shape index (κ2) is 9.44. The van der Waals surface area contributed by atoms with Crippen molar-refractivity contribution < 1.29 is 4.74 Å². The van der Waals surface area contributed by atoms with Gasteiger partial charge in [0.05, 0.1) is 6.26 Å². The summed E-state index contributed by atoms with van der Waals surface area (Å²) in [5.41, 5.74) is 1.67. The summed E-state index contributed by atoms with van der Waals surface area (Å²) >= 11 is 0. The van der Waals surface area contributed by atoms with Crippen molar-refractivity contribution in [1.82, 2.24) is 0 Å². The predicted octanol–water partition coefficient (Wildman–Crippen LogP) is 6.38. The van der Waals surface area contributed by atoms with Gasteiger partial charge in [-0.15, -0.1) is 0 Å². The molecule has 0 bridgehead atoms. The Labute approximate surface area is 120 Å². The molecule has 0 fully saturated rings. The first-order valence-electron chi connectivity index (χ1n) is 8.56. The van der Waals surface area contributed by atoms with Gasteiger partial charge in [-0.05, 0) is 51.0 Å². The van der Waals surface area contributed by atoms with Crippen LogP contribution in [0.25, 0.3) is 0 Å². The molecule has 0 saturated heterocycles. The van der Waals surface area contributed by atoms with Gasteiger partial charge in [-0.1, -0.05) is 52.4 Å². The summed E-state index contributed by atoms with van der Waals surface area (Å²) in [6, 6.07) is 0. The molecule has 112 valence electrons. The average Bonchev–Trinajstić information content (AvgIpc) is 2.42. The number of hydrogen-bond acceptors (Lipinski definition) is 1. The van der Waals surface area contributed by atoms with E-state index >= 15 is 0 Å². The van der Waals surface area contributed by atoms with Gasteiger partial charge in [0, 0.05) is 0 Å². The molecule has 0 aliphatic carbocycles. The van der Waals surface area contributed by atoms with Crippen molar-refractivity contribution in [2.24, 2.45) is 0 Å². The summed E-state index contributed by atoms with van der Waals surface area (Å²) in [7, 11) is 0. The summed E-state index contributed by atoms with van der Waals surface area (Å²) < 4.78 is 6.05. The lowest BCUT2D eigenvalue weighted by atomic mass is 9.88. The first kappa shape index (κ1) is 16.6. The Morgan fingerprint density at radius 1 is 1.00 bits per heavy atom. The van der Waals surface area contributed by atoms with Crippen molar-refractivity contribution in [3.63, 3.8) is 0 Å². The second-order valence-electron chi connectivity index (χ2n) is 6.47. The molecule has 1 heteroatoms. The van der Waals surface area contributed by atoms with Crippen LogP contribution in [-0.2, 0) is 4.74 Å². The van der Waals surface area contributed by atoms with E-state index in [0.29, 0.717) is 0 Å². The van der Waals surface area contributed by atoms with Gasteiger partial charge in [0.15, 0.2) is 0 Å². The van der Waals surface area contributed by atoms with Gasteiger partial charge in [0.1, 0.15) is 5.60 Å². The molecule has 1 heterocycles. The van der Waals surface area contributed by atoms with Crippen molar-refractivity contribution in [2.75, 3.05) is 0 Å². The van der Waals surface area contributed by atoms with Crippen LogP contribution in [0, 0.1) is 0 Å². The first-order valence-corrected chi connectivity index (χ1v) is 8.56. The SMILES string of the molecule is CCCCCCC1=COC(C)(CCCCCC)CC1. The third-order valence-electron chi connectivity index (χ3n) is 4.40. The van der Waals surface area contributed by atoms with Crippen LogP contribution in [0.1, 0.15) is 97.8 Å². The van der Waals surface area contributed by atoms with E-state index in [-0.39, 0.29) is 5.60 Å². The Bertz CT molecular complexity index is 256. The molecule has 0 spiro atoms. The number of hydrogen-bond donors (Lipinski definition) is 0. The monoisotopic (exact) mass is 266 g/mol. The number of unbranched alkanes of at least 4 members (excludes halogenated alkanes) is 6. The Kier molecular flexibility index (Phi) is 8.25. The fourth-order valence-corrected chi connectivity index (χ4v) is 2.84. The zero-order chi connectivity index (χ0) is 14.0. The van der Waals surface area contributed by atoms with Gasteiger partial charge < -0.3 is 4.74 Å². The third-order valence-corrected chi connectivity index (χ3v) is 4.40. The highest BCUT2D eigenvalue weighted by Gasteiger charge is 2.27. The predicted molar refractivity (Wildman–Crippen MR) is 84.3 cm³/mol. The van der Waals surface area contributed by atoms with Crippen molar-refractivity contribution in [2.45, 2.75) is 103 Å². The van der Waals surface area contributed by atoms with Crippen LogP contribution in [0.4, 0.5) is 0 Å². The van der Waals surface area contributed by atoms with E-state index in [1.165, 1.54) is 77.0 Å². The van der Waals surface area contributed by atoms with Crippen molar-refractivity contribution >= 4 is 0 Å². The van der Waals surface area contributed by atoms with E-state index < -0.39 is 0 Å². The summed E-state index contributed by atoms with van der Waals surface area (Å²) in [4.78, 5) is 0. The average molecular weight is 266 g/mol. The second-order valence-corrected chi connectivity index (χ2v) is 6.47. The lowest BCUT2D eigenvalue weighted by molar-refractivity contribution is 0.00781. The third kappa shape index (κ3) is 7.03. The molecule has 0 N–H and O–H groups in total. The minimum atomic E-state index is 0.126. The zero-order valence-corrected chi connectivity index (χ0v) is 13.5. The van der Waals surface area contributed by atoms with Crippen LogP contribution in [0.5, 0.6) is 0 Å². The van der Waals surface area contributed by atoms with Crippen LogP contribution in [0.15, 0.2) is 11.8 Å². The molecule has 1 nitrogen and oxygen atoms in total. The van der Waals surface area contributed by atoms with Gasteiger partial charge in [-0.3, -0.25) is 0 Å². The van der Waals surface area contributed by atoms with Crippen LogP contribution >= 0.6 is 0 Å². The summed E-state index contributed by atoms with van der Waals surface area (Å²) in [6.07, 6.45) is 17.9. The highest BCUT2D eigenvalue weighted by Crippen LogP contribution is 2.33. The fourth-order valence-electron chi connectivity index (χ4n) is 2.84. The number of allylic oxidation sites excluding steroid dienone is 1. The largest absolute Gasteiger partial charge is 0.495 e. The minimum Gasteiger partial charge on any atom is -0.495 e. The lowest BCUT2D eigenvalue weighted by Gasteiger charge is -2.33. The van der Waals surface area contributed by atoms with Crippen molar-refractivity contribution in [3.05, 3.63) is 11.8 Å². The highest BCUT2D eigenvalue weighted by molar-refractivity contribution is 5.04. The van der Waals surface area contributed by atoms with Crippen molar-refractivity contribution in [3.8, 4) is 0 Å².